The van der Waals surface area contributed by atoms with Crippen molar-refractivity contribution in [2.24, 2.45) is 5.10 Å². The highest BCUT2D eigenvalue weighted by Gasteiger charge is 2.17. The van der Waals surface area contributed by atoms with E-state index in [0.29, 0.717) is 5.56 Å². The maximum atomic E-state index is 10.2. The van der Waals surface area contributed by atoms with Crippen LogP contribution in [0.1, 0.15) is 30.5 Å². The van der Waals surface area contributed by atoms with Crippen molar-refractivity contribution in [3.8, 4) is 5.75 Å². The molecule has 1 heterocycles. The Hall–Kier alpha value is -2.53. The second kappa shape index (κ2) is 7.36. The number of phenolic OH excluding ortho intramolecular Hbond substituents is 1. The van der Waals surface area contributed by atoms with Crippen LogP contribution in [0.2, 0.25) is 0 Å². The quantitative estimate of drug-likeness (QED) is 0.633. The molecule has 0 bridgehead atoms. The Labute approximate surface area is 143 Å². The van der Waals surface area contributed by atoms with Crippen molar-refractivity contribution >= 4 is 11.9 Å². The summed E-state index contributed by atoms with van der Waals surface area (Å²) in [5.41, 5.74) is 7.43. The van der Waals surface area contributed by atoms with Crippen LogP contribution in [-0.2, 0) is 13.1 Å². The van der Waals surface area contributed by atoms with Crippen LogP contribution in [0, 0.1) is 0 Å². The minimum atomic E-state index is 0.245. The van der Waals surface area contributed by atoms with Crippen LogP contribution in [-0.4, -0.2) is 29.4 Å². The van der Waals surface area contributed by atoms with E-state index >= 15 is 0 Å². The third kappa shape index (κ3) is 3.51. The van der Waals surface area contributed by atoms with Gasteiger partial charge in [-0.15, -0.1) is 0 Å². The first-order valence-corrected chi connectivity index (χ1v) is 8.39. The lowest BCUT2D eigenvalue weighted by molar-refractivity contribution is 0.195. The van der Waals surface area contributed by atoms with Crippen LogP contribution in [0.5, 0.6) is 5.75 Å². The number of phenols is 1. The van der Waals surface area contributed by atoms with E-state index in [4.69, 9.17) is 0 Å². The number of hydrogen-bond donors (Lipinski definition) is 2. The second-order valence-electron chi connectivity index (χ2n) is 5.90. The molecule has 1 aliphatic heterocycles. The molecule has 2 aromatic rings. The SMILES string of the molecule is CCN(CC)c1ccc(/C=N/NN2Cc3ccccc3C2)c(O)c1. The van der Waals surface area contributed by atoms with E-state index in [-0.39, 0.29) is 5.75 Å². The van der Waals surface area contributed by atoms with Gasteiger partial charge < -0.3 is 10.0 Å². The molecule has 0 atom stereocenters. The fraction of sp³-hybridized carbons (Fsp3) is 0.316. The second-order valence-corrected chi connectivity index (χ2v) is 5.90. The lowest BCUT2D eigenvalue weighted by Crippen LogP contribution is -2.28. The largest absolute Gasteiger partial charge is 0.507 e. The van der Waals surface area contributed by atoms with Gasteiger partial charge in [0.2, 0.25) is 0 Å². The van der Waals surface area contributed by atoms with Gasteiger partial charge in [-0.3, -0.25) is 0 Å². The van der Waals surface area contributed by atoms with Crippen molar-refractivity contribution in [2.45, 2.75) is 26.9 Å². The van der Waals surface area contributed by atoms with Crippen LogP contribution in [0.3, 0.4) is 0 Å². The first-order chi connectivity index (χ1) is 11.7. The molecule has 3 rings (SSSR count). The summed E-state index contributed by atoms with van der Waals surface area (Å²) < 4.78 is 0. The van der Waals surface area contributed by atoms with Crippen LogP contribution in [0.4, 0.5) is 5.69 Å². The zero-order chi connectivity index (χ0) is 16.9. The van der Waals surface area contributed by atoms with E-state index in [1.165, 1.54) is 11.1 Å². The van der Waals surface area contributed by atoms with Gasteiger partial charge in [-0.2, -0.15) is 10.1 Å². The Bertz CT molecular complexity index is 700. The smallest absolute Gasteiger partial charge is 0.126 e. The van der Waals surface area contributed by atoms with Gasteiger partial charge in [-0.05, 0) is 37.1 Å². The lowest BCUT2D eigenvalue weighted by atomic mass is 10.1. The summed E-state index contributed by atoms with van der Waals surface area (Å²) in [7, 11) is 0. The average Bonchev–Trinajstić information content (AvgIpc) is 3.00. The molecule has 0 aromatic heterocycles. The monoisotopic (exact) mass is 324 g/mol. The number of benzene rings is 2. The van der Waals surface area contributed by atoms with Crippen LogP contribution >= 0.6 is 0 Å². The van der Waals surface area contributed by atoms with Crippen LogP contribution in [0.15, 0.2) is 47.6 Å². The molecule has 0 radical (unpaired) electrons. The van der Waals surface area contributed by atoms with E-state index < -0.39 is 0 Å². The van der Waals surface area contributed by atoms with Crippen molar-refractivity contribution in [3.05, 3.63) is 59.2 Å². The topological polar surface area (TPSA) is 51.1 Å². The molecule has 0 fully saturated rings. The maximum absolute atomic E-state index is 10.2. The number of fused-ring (bicyclic) bond motifs is 1. The highest BCUT2D eigenvalue weighted by atomic mass is 16.3. The standard InChI is InChI=1S/C19H24N4O/c1-3-22(4-2)18-10-9-15(19(24)11-18)12-20-21-23-13-16-7-5-6-8-17(16)14-23/h5-12,21,24H,3-4,13-14H2,1-2H3/b20-12+. The molecule has 0 spiro atoms. The minimum Gasteiger partial charge on any atom is -0.507 e. The van der Waals surface area contributed by atoms with E-state index in [1.54, 1.807) is 12.3 Å². The Kier molecular flexibility index (Phi) is 5.01. The fourth-order valence-electron chi connectivity index (χ4n) is 3.01. The van der Waals surface area contributed by atoms with E-state index in [2.05, 4.69) is 53.6 Å². The Morgan fingerprint density at radius 1 is 1.12 bits per heavy atom. The predicted molar refractivity (Wildman–Crippen MR) is 98.1 cm³/mol. The number of hydrazine groups is 1. The molecular weight excluding hydrogens is 300 g/mol. The summed E-state index contributed by atoms with van der Waals surface area (Å²) in [6, 6.07) is 14.1. The third-order valence-electron chi connectivity index (χ3n) is 4.39. The van der Waals surface area contributed by atoms with E-state index in [9.17, 15) is 5.11 Å². The van der Waals surface area contributed by atoms with Crippen LogP contribution < -0.4 is 10.4 Å². The van der Waals surface area contributed by atoms with Gasteiger partial charge in [0.1, 0.15) is 5.75 Å². The average molecular weight is 324 g/mol. The Morgan fingerprint density at radius 2 is 1.79 bits per heavy atom. The van der Waals surface area contributed by atoms with Gasteiger partial charge in [0, 0.05) is 43.5 Å². The first-order valence-electron chi connectivity index (χ1n) is 8.39. The number of aromatic hydroxyl groups is 1. The Balaban J connectivity index is 1.61. The van der Waals surface area contributed by atoms with Crippen molar-refractivity contribution in [3.63, 3.8) is 0 Å². The van der Waals surface area contributed by atoms with Gasteiger partial charge in [0.15, 0.2) is 0 Å². The third-order valence-corrected chi connectivity index (χ3v) is 4.39. The summed E-state index contributed by atoms with van der Waals surface area (Å²) >= 11 is 0. The number of nitrogens with one attached hydrogen (secondary N) is 1. The van der Waals surface area contributed by atoms with Crippen molar-refractivity contribution in [1.82, 2.24) is 10.5 Å². The molecule has 2 aromatic carbocycles. The molecule has 126 valence electrons. The summed E-state index contributed by atoms with van der Waals surface area (Å²) in [5.74, 6) is 0.245. The predicted octanol–water partition coefficient (Wildman–Crippen LogP) is 3.09. The van der Waals surface area contributed by atoms with Crippen molar-refractivity contribution in [1.29, 1.82) is 0 Å². The van der Waals surface area contributed by atoms with Gasteiger partial charge >= 0.3 is 0 Å². The van der Waals surface area contributed by atoms with Gasteiger partial charge in [-0.1, -0.05) is 24.3 Å². The zero-order valence-electron chi connectivity index (χ0n) is 14.2. The highest BCUT2D eigenvalue weighted by Crippen LogP contribution is 2.24. The molecule has 0 aliphatic carbocycles. The molecule has 0 unspecified atom stereocenters. The summed E-state index contributed by atoms with van der Waals surface area (Å²) in [4.78, 5) is 2.19. The van der Waals surface area contributed by atoms with Crippen LogP contribution in [0.25, 0.3) is 0 Å². The number of anilines is 1. The van der Waals surface area contributed by atoms with E-state index in [1.807, 2.05) is 17.1 Å². The fourth-order valence-corrected chi connectivity index (χ4v) is 3.01. The van der Waals surface area contributed by atoms with Crippen molar-refractivity contribution < 1.29 is 5.11 Å². The van der Waals surface area contributed by atoms with Gasteiger partial charge in [0.25, 0.3) is 0 Å². The summed E-state index contributed by atoms with van der Waals surface area (Å²) in [5, 5.41) is 16.5. The first kappa shape index (κ1) is 16.3. The molecule has 1 aliphatic rings. The summed E-state index contributed by atoms with van der Waals surface area (Å²) in [6.07, 6.45) is 1.66. The zero-order valence-corrected chi connectivity index (χ0v) is 14.2. The molecule has 0 amide bonds. The van der Waals surface area contributed by atoms with Crippen molar-refractivity contribution in [2.75, 3.05) is 18.0 Å². The van der Waals surface area contributed by atoms with Gasteiger partial charge in [-0.25, -0.2) is 5.53 Å². The molecule has 0 saturated carbocycles. The molecule has 0 saturated heterocycles. The molecule has 2 N–H and O–H groups in total. The Morgan fingerprint density at radius 3 is 2.38 bits per heavy atom. The molecular formula is C19H24N4O. The number of rotatable bonds is 6. The maximum Gasteiger partial charge on any atom is 0.126 e. The molecule has 5 nitrogen and oxygen atoms in total. The number of hydrazone groups is 1. The summed E-state index contributed by atoms with van der Waals surface area (Å²) in [6.45, 7) is 7.71. The van der Waals surface area contributed by atoms with Gasteiger partial charge in [0.05, 0.1) is 6.21 Å². The minimum absolute atomic E-state index is 0.245. The highest BCUT2D eigenvalue weighted by molar-refractivity contribution is 5.84. The van der Waals surface area contributed by atoms with E-state index in [0.717, 1.165) is 31.9 Å². The number of nitrogens with zero attached hydrogens (tertiary/aromatic N) is 3. The molecule has 5 heteroatoms. The number of hydrogen-bond acceptors (Lipinski definition) is 5. The lowest BCUT2D eigenvalue weighted by Gasteiger charge is -2.21. The molecule has 24 heavy (non-hydrogen) atoms. The normalized spacial score (nSPS) is 14.1.